The Morgan fingerprint density at radius 1 is 0.464 bits per heavy atom. The maximum absolute atomic E-state index is 4.36. The van der Waals surface area contributed by atoms with Gasteiger partial charge in [0.2, 0.25) is 0 Å². The summed E-state index contributed by atoms with van der Waals surface area (Å²) in [5.41, 5.74) is 7.39. The second-order valence-electron chi connectivity index (χ2n) is 6.91. The number of hydrogen-bond acceptors (Lipinski definition) is 5. The van der Waals surface area contributed by atoms with Crippen LogP contribution >= 0.6 is 0 Å². The number of benzene rings is 1. The van der Waals surface area contributed by atoms with E-state index in [1.807, 2.05) is 45.9 Å². The topological polar surface area (TPSA) is 128 Å². The van der Waals surface area contributed by atoms with Crippen LogP contribution in [0.4, 0.5) is 0 Å². The molecule has 140 valence electrons. The van der Waals surface area contributed by atoms with E-state index < -0.39 is 0 Å². The molecule has 0 amide bonds. The van der Waals surface area contributed by atoms with Crippen LogP contribution in [0.3, 0.4) is 0 Å². The Bertz CT molecular complexity index is 1140. The first-order valence-corrected chi connectivity index (χ1v) is 8.97. The molecule has 5 heterocycles. The van der Waals surface area contributed by atoms with Crippen molar-refractivity contribution in [3.63, 3.8) is 0 Å². The molecule has 0 atom stereocenters. The molecule has 9 heteroatoms. The van der Waals surface area contributed by atoms with Gasteiger partial charge in [0, 0.05) is 0 Å². The van der Waals surface area contributed by atoms with Gasteiger partial charge in [-0.1, -0.05) is 0 Å². The quantitative estimate of drug-likeness (QED) is 0.324. The van der Waals surface area contributed by atoms with E-state index in [4.69, 9.17) is 0 Å². The molecule has 5 aromatic heterocycles. The molecule has 0 spiro atoms. The van der Waals surface area contributed by atoms with Gasteiger partial charge >= 0.3 is 0 Å². The zero-order valence-electron chi connectivity index (χ0n) is 16.0. The Morgan fingerprint density at radius 3 is 1.36 bits per heavy atom. The molecule has 6 rings (SSSR count). The summed E-state index contributed by atoms with van der Waals surface area (Å²) < 4.78 is 0. The van der Waals surface area contributed by atoms with Gasteiger partial charge in [0.05, 0.1) is 33.1 Å². The van der Waals surface area contributed by atoms with Crippen molar-refractivity contribution in [1.82, 2.24) is 44.9 Å². The molecule has 0 radical (unpaired) electrons. The minimum Gasteiger partial charge on any atom is -0.342 e. The summed E-state index contributed by atoms with van der Waals surface area (Å²) in [5, 5.41) is 0. The smallest absolute Gasteiger partial charge is 0.179 e. The SMILES string of the molecule is Cc1nc2cc3nc(C)[nH]c3cc2[nH]1.Cc1nc2nc3nc(C)[nH]c3cc2[nH]1. The van der Waals surface area contributed by atoms with E-state index in [2.05, 4.69) is 44.9 Å². The van der Waals surface area contributed by atoms with E-state index in [9.17, 15) is 0 Å². The molecule has 0 aliphatic carbocycles. The Hall–Kier alpha value is -3.75. The first-order valence-electron chi connectivity index (χ1n) is 8.97. The zero-order chi connectivity index (χ0) is 19.4. The van der Waals surface area contributed by atoms with Crippen LogP contribution in [-0.2, 0) is 0 Å². The average Bonchev–Trinajstić information content (AvgIpc) is 3.33. The van der Waals surface area contributed by atoms with Crippen molar-refractivity contribution in [3.05, 3.63) is 41.5 Å². The van der Waals surface area contributed by atoms with Crippen LogP contribution in [0.1, 0.15) is 23.3 Å². The molecule has 0 saturated carbocycles. The Morgan fingerprint density at radius 2 is 0.857 bits per heavy atom. The van der Waals surface area contributed by atoms with Crippen LogP contribution in [-0.4, -0.2) is 44.9 Å². The van der Waals surface area contributed by atoms with Gasteiger partial charge in [-0.15, -0.1) is 0 Å². The summed E-state index contributed by atoms with van der Waals surface area (Å²) in [6.45, 7) is 7.73. The number of aryl methyl sites for hydroxylation is 4. The molecule has 9 nitrogen and oxygen atoms in total. The monoisotopic (exact) mass is 373 g/mol. The number of nitrogens with zero attached hydrogens (tertiary/aromatic N) is 5. The second-order valence-corrected chi connectivity index (χ2v) is 6.91. The third kappa shape index (κ3) is 2.77. The maximum atomic E-state index is 4.36. The first kappa shape index (κ1) is 16.4. The highest BCUT2D eigenvalue weighted by molar-refractivity contribution is 5.91. The van der Waals surface area contributed by atoms with E-state index in [0.717, 1.165) is 67.7 Å². The fourth-order valence-electron chi connectivity index (χ4n) is 3.38. The summed E-state index contributed by atoms with van der Waals surface area (Å²) >= 11 is 0. The van der Waals surface area contributed by atoms with E-state index >= 15 is 0 Å². The van der Waals surface area contributed by atoms with Crippen molar-refractivity contribution in [2.75, 3.05) is 0 Å². The molecule has 0 unspecified atom stereocenters. The average molecular weight is 373 g/mol. The number of hydrogen-bond donors (Lipinski definition) is 4. The number of rotatable bonds is 0. The van der Waals surface area contributed by atoms with Gasteiger partial charge in [0.15, 0.2) is 11.3 Å². The summed E-state index contributed by atoms with van der Waals surface area (Å²) in [6.07, 6.45) is 0. The number of aromatic amines is 4. The van der Waals surface area contributed by atoms with Gasteiger partial charge in [-0.25, -0.2) is 24.9 Å². The zero-order valence-corrected chi connectivity index (χ0v) is 16.0. The number of H-pyrrole nitrogens is 4. The summed E-state index contributed by atoms with van der Waals surface area (Å²) in [7, 11) is 0. The van der Waals surface area contributed by atoms with Crippen molar-refractivity contribution < 1.29 is 0 Å². The number of fused-ring (bicyclic) bond motifs is 4. The van der Waals surface area contributed by atoms with Crippen molar-refractivity contribution >= 4 is 44.4 Å². The lowest BCUT2D eigenvalue weighted by Gasteiger charge is -1.87. The van der Waals surface area contributed by atoms with Crippen molar-refractivity contribution in [2.45, 2.75) is 27.7 Å². The van der Waals surface area contributed by atoms with Crippen LogP contribution in [0.5, 0.6) is 0 Å². The predicted molar refractivity (Wildman–Crippen MR) is 108 cm³/mol. The molecular weight excluding hydrogens is 354 g/mol. The van der Waals surface area contributed by atoms with Gasteiger partial charge in [-0.05, 0) is 45.9 Å². The van der Waals surface area contributed by atoms with E-state index in [-0.39, 0.29) is 0 Å². The molecule has 0 aliphatic rings. The molecule has 0 fully saturated rings. The van der Waals surface area contributed by atoms with Gasteiger partial charge in [0.1, 0.15) is 23.3 Å². The second kappa shape index (κ2) is 5.88. The summed E-state index contributed by atoms with van der Waals surface area (Å²) in [6, 6.07) is 6.03. The van der Waals surface area contributed by atoms with Gasteiger partial charge in [-0.2, -0.15) is 0 Å². The molecule has 0 aliphatic heterocycles. The third-order valence-electron chi connectivity index (χ3n) is 4.48. The summed E-state index contributed by atoms with van der Waals surface area (Å²) in [5.74, 6) is 3.61. The molecule has 0 saturated heterocycles. The summed E-state index contributed by atoms with van der Waals surface area (Å²) in [4.78, 5) is 34.2. The molecule has 4 N–H and O–H groups in total. The molecule has 0 bridgehead atoms. The number of nitrogens with one attached hydrogen (secondary N) is 4. The Balaban J connectivity index is 0.000000122. The fraction of sp³-hybridized carbons (Fsp3) is 0.211. The lowest BCUT2D eigenvalue weighted by molar-refractivity contribution is 1.15. The minimum absolute atomic E-state index is 0.724. The fourth-order valence-corrected chi connectivity index (χ4v) is 3.38. The Labute approximate surface area is 159 Å². The molecule has 28 heavy (non-hydrogen) atoms. The maximum Gasteiger partial charge on any atom is 0.179 e. The number of pyridine rings is 1. The van der Waals surface area contributed by atoms with Crippen molar-refractivity contribution in [1.29, 1.82) is 0 Å². The van der Waals surface area contributed by atoms with Gasteiger partial charge < -0.3 is 19.9 Å². The lowest BCUT2D eigenvalue weighted by atomic mass is 10.3. The number of aromatic nitrogens is 9. The van der Waals surface area contributed by atoms with Crippen LogP contribution in [0.2, 0.25) is 0 Å². The molecule has 1 aromatic carbocycles. The standard InChI is InChI=1S/C10H10N4.C9H9N5/c1-5-11-7-3-9-10(4-8(7)12-5)14-6(2)13-9;1-4-10-6-3-7-9(13-5(2)11-7)14-8(6)12-4/h3-4H,1-2H3,(H,11,12)(H,13,14);3H,1-2H3,(H2,10,11,12,13,14). The van der Waals surface area contributed by atoms with Gasteiger partial charge in [0.25, 0.3) is 0 Å². The van der Waals surface area contributed by atoms with E-state index in [1.54, 1.807) is 0 Å². The first-order chi connectivity index (χ1) is 13.4. The normalized spacial score (nSPS) is 11.6. The molecular formula is C19H19N9. The highest BCUT2D eigenvalue weighted by Gasteiger charge is 2.06. The lowest BCUT2D eigenvalue weighted by Crippen LogP contribution is -1.79. The highest BCUT2D eigenvalue weighted by atomic mass is 15.0. The largest absolute Gasteiger partial charge is 0.342 e. The number of imidazole rings is 4. The van der Waals surface area contributed by atoms with Gasteiger partial charge in [-0.3, -0.25) is 0 Å². The van der Waals surface area contributed by atoms with Crippen LogP contribution in [0.15, 0.2) is 18.2 Å². The van der Waals surface area contributed by atoms with Crippen molar-refractivity contribution in [2.24, 2.45) is 0 Å². The minimum atomic E-state index is 0.724. The van der Waals surface area contributed by atoms with Crippen LogP contribution in [0, 0.1) is 27.7 Å². The van der Waals surface area contributed by atoms with E-state index in [1.165, 1.54) is 0 Å². The van der Waals surface area contributed by atoms with Crippen LogP contribution in [0.25, 0.3) is 44.4 Å². The van der Waals surface area contributed by atoms with E-state index in [0.29, 0.717) is 0 Å². The van der Waals surface area contributed by atoms with Crippen molar-refractivity contribution in [3.8, 4) is 0 Å². The molecule has 6 aromatic rings. The highest BCUT2D eigenvalue weighted by Crippen LogP contribution is 2.19. The van der Waals surface area contributed by atoms with Crippen LogP contribution < -0.4 is 0 Å². The Kier molecular flexibility index (Phi) is 3.45. The predicted octanol–water partition coefficient (Wildman–Crippen LogP) is 3.51. The third-order valence-corrected chi connectivity index (χ3v) is 4.48.